The predicted molar refractivity (Wildman–Crippen MR) is 84.9 cm³/mol. The molecule has 3 amide bonds. The zero-order chi connectivity index (χ0) is 15.7. The summed E-state index contributed by atoms with van der Waals surface area (Å²) in [5, 5.41) is 6.68. The number of likely N-dealkylation sites (tertiary alicyclic amines) is 1. The van der Waals surface area contributed by atoms with Gasteiger partial charge >= 0.3 is 6.03 Å². The molecule has 5 nitrogen and oxygen atoms in total. The number of nitrogens with one attached hydrogen (secondary N) is 2. The van der Waals surface area contributed by atoms with Crippen molar-refractivity contribution in [2.45, 2.75) is 37.3 Å². The third-order valence-electron chi connectivity index (χ3n) is 4.35. The van der Waals surface area contributed by atoms with E-state index < -0.39 is 0 Å². The Kier molecular flexibility index (Phi) is 4.25. The molecule has 1 aliphatic heterocycles. The van der Waals surface area contributed by atoms with Gasteiger partial charge in [-0.15, -0.1) is 0 Å². The van der Waals surface area contributed by atoms with Crippen molar-refractivity contribution in [3.8, 4) is 0 Å². The van der Waals surface area contributed by atoms with Crippen molar-refractivity contribution >= 4 is 23.5 Å². The van der Waals surface area contributed by atoms with Gasteiger partial charge in [0.15, 0.2) is 0 Å². The molecule has 1 saturated heterocycles. The van der Waals surface area contributed by atoms with Crippen molar-refractivity contribution in [3.05, 3.63) is 34.9 Å². The van der Waals surface area contributed by atoms with Crippen LogP contribution in [-0.4, -0.2) is 42.5 Å². The Balaban J connectivity index is 1.47. The molecule has 118 valence electrons. The number of nitrogens with zero attached hydrogens (tertiary/aromatic N) is 1. The molecule has 0 spiro atoms. The van der Waals surface area contributed by atoms with E-state index in [1.54, 1.807) is 11.9 Å². The second kappa shape index (κ2) is 6.16. The summed E-state index contributed by atoms with van der Waals surface area (Å²) >= 11 is 5.99. The van der Waals surface area contributed by atoms with Gasteiger partial charge in [-0.3, -0.25) is 4.79 Å². The van der Waals surface area contributed by atoms with Gasteiger partial charge in [0.25, 0.3) is 0 Å². The van der Waals surface area contributed by atoms with E-state index in [1.165, 1.54) is 5.56 Å². The lowest BCUT2D eigenvalue weighted by atomic mass is 10.1. The molecule has 0 unspecified atom stereocenters. The Bertz CT molecular complexity index is 593. The topological polar surface area (TPSA) is 61.4 Å². The van der Waals surface area contributed by atoms with Gasteiger partial charge in [-0.25, -0.2) is 4.79 Å². The lowest BCUT2D eigenvalue weighted by Gasteiger charge is -2.30. The molecular formula is C16H20ClN3O2. The largest absolute Gasteiger partial charge is 0.344 e. The molecule has 0 aromatic heterocycles. The Labute approximate surface area is 135 Å². The highest BCUT2D eigenvalue weighted by atomic mass is 35.5. The lowest BCUT2D eigenvalue weighted by Crippen LogP contribution is -2.51. The summed E-state index contributed by atoms with van der Waals surface area (Å²) in [6.45, 7) is 0.578. The van der Waals surface area contributed by atoms with Crippen LogP contribution in [0.4, 0.5) is 4.79 Å². The summed E-state index contributed by atoms with van der Waals surface area (Å²) in [4.78, 5) is 25.1. The molecule has 6 heteroatoms. The number of urea groups is 1. The van der Waals surface area contributed by atoms with Gasteiger partial charge in [0.1, 0.15) is 0 Å². The first-order valence-electron chi connectivity index (χ1n) is 7.59. The third-order valence-corrected chi connectivity index (χ3v) is 4.58. The van der Waals surface area contributed by atoms with Gasteiger partial charge in [-0.05, 0) is 30.5 Å². The van der Waals surface area contributed by atoms with Crippen LogP contribution in [0.5, 0.6) is 0 Å². The summed E-state index contributed by atoms with van der Waals surface area (Å²) in [5.41, 5.74) is 1.17. The van der Waals surface area contributed by atoms with Crippen LogP contribution in [0.1, 0.15) is 30.7 Å². The van der Waals surface area contributed by atoms with Crippen LogP contribution >= 0.6 is 11.6 Å². The molecule has 2 aliphatic rings. The molecular weight excluding hydrogens is 302 g/mol. The molecule has 0 bridgehead atoms. The van der Waals surface area contributed by atoms with E-state index in [1.807, 2.05) is 24.3 Å². The average Bonchev–Trinajstić information content (AvgIpc) is 3.22. The number of benzene rings is 1. The van der Waals surface area contributed by atoms with Crippen molar-refractivity contribution in [1.29, 1.82) is 0 Å². The first-order valence-corrected chi connectivity index (χ1v) is 7.97. The van der Waals surface area contributed by atoms with Crippen molar-refractivity contribution in [1.82, 2.24) is 15.5 Å². The summed E-state index contributed by atoms with van der Waals surface area (Å²) in [6.07, 6.45) is 2.14. The predicted octanol–water partition coefficient (Wildman–Crippen LogP) is 2.12. The zero-order valence-electron chi connectivity index (χ0n) is 12.5. The Hall–Kier alpha value is -1.75. The molecule has 1 heterocycles. The van der Waals surface area contributed by atoms with Crippen LogP contribution in [0.25, 0.3) is 0 Å². The van der Waals surface area contributed by atoms with Gasteiger partial charge in [0.05, 0.1) is 0 Å². The summed E-state index contributed by atoms with van der Waals surface area (Å²) < 4.78 is 0. The Morgan fingerprint density at radius 2 is 2.18 bits per heavy atom. The van der Waals surface area contributed by atoms with Crippen LogP contribution in [0, 0.1) is 0 Å². The number of carbonyl (C=O) groups is 2. The molecule has 2 N–H and O–H groups in total. The highest BCUT2D eigenvalue weighted by Crippen LogP contribution is 2.41. The summed E-state index contributed by atoms with van der Waals surface area (Å²) in [6, 6.07) is 7.83. The maximum absolute atomic E-state index is 12.0. The first kappa shape index (κ1) is 15.2. The molecule has 1 aliphatic carbocycles. The number of amides is 3. The molecule has 3 atom stereocenters. The monoisotopic (exact) mass is 321 g/mol. The first-order chi connectivity index (χ1) is 10.5. The van der Waals surface area contributed by atoms with Crippen LogP contribution in [0.3, 0.4) is 0 Å². The minimum absolute atomic E-state index is 0.0334. The van der Waals surface area contributed by atoms with Gasteiger partial charge < -0.3 is 15.5 Å². The fourth-order valence-electron chi connectivity index (χ4n) is 2.99. The van der Waals surface area contributed by atoms with Crippen molar-refractivity contribution < 1.29 is 9.59 Å². The number of hydrogen-bond donors (Lipinski definition) is 2. The average molecular weight is 322 g/mol. The number of hydrogen-bond acceptors (Lipinski definition) is 2. The van der Waals surface area contributed by atoms with Crippen LogP contribution in [-0.2, 0) is 4.79 Å². The number of likely N-dealkylation sites (N-methyl/N-ethyl adjacent to an activating group) is 1. The smallest absolute Gasteiger partial charge is 0.315 e. The molecule has 1 aromatic carbocycles. The number of halogens is 1. The fourth-order valence-corrected chi connectivity index (χ4v) is 3.18. The minimum atomic E-state index is -0.151. The van der Waals surface area contributed by atoms with E-state index in [0.717, 1.165) is 11.4 Å². The maximum atomic E-state index is 12.0. The summed E-state index contributed by atoms with van der Waals surface area (Å²) in [5.74, 6) is 0.488. The van der Waals surface area contributed by atoms with Gasteiger partial charge in [-0.1, -0.05) is 23.7 Å². The Morgan fingerprint density at radius 1 is 1.36 bits per heavy atom. The molecule has 0 radical (unpaired) electrons. The SMILES string of the molecule is CN1C[C@H](NC(=O)N[C@H]2C[C@H]2c2cccc(Cl)c2)CCC1=O. The molecule has 1 saturated carbocycles. The molecule has 22 heavy (non-hydrogen) atoms. The van der Waals surface area contributed by atoms with E-state index in [9.17, 15) is 9.59 Å². The van der Waals surface area contributed by atoms with Crippen molar-refractivity contribution in [2.75, 3.05) is 13.6 Å². The lowest BCUT2D eigenvalue weighted by molar-refractivity contribution is -0.132. The minimum Gasteiger partial charge on any atom is -0.344 e. The van der Waals surface area contributed by atoms with Gasteiger partial charge in [0.2, 0.25) is 5.91 Å². The quantitative estimate of drug-likeness (QED) is 0.895. The van der Waals surface area contributed by atoms with E-state index in [0.29, 0.717) is 25.3 Å². The van der Waals surface area contributed by atoms with Crippen molar-refractivity contribution in [2.24, 2.45) is 0 Å². The molecule has 3 rings (SSSR count). The Morgan fingerprint density at radius 3 is 2.91 bits per heavy atom. The maximum Gasteiger partial charge on any atom is 0.315 e. The van der Waals surface area contributed by atoms with E-state index in [4.69, 9.17) is 11.6 Å². The van der Waals surface area contributed by atoms with E-state index in [2.05, 4.69) is 10.6 Å². The van der Waals surface area contributed by atoms with E-state index >= 15 is 0 Å². The third kappa shape index (κ3) is 3.53. The highest BCUT2D eigenvalue weighted by molar-refractivity contribution is 6.30. The normalized spacial score (nSPS) is 27.5. The summed E-state index contributed by atoms with van der Waals surface area (Å²) in [7, 11) is 1.77. The van der Waals surface area contributed by atoms with Crippen LogP contribution in [0.15, 0.2) is 24.3 Å². The molecule has 1 aromatic rings. The standard InChI is InChI=1S/C16H20ClN3O2/c1-20-9-12(5-6-15(20)21)18-16(22)19-14-8-13(14)10-3-2-4-11(17)7-10/h2-4,7,12-14H,5-6,8-9H2,1H3,(H2,18,19,22)/t12-,13+,14+/m1/s1. The second-order valence-corrected chi connectivity index (χ2v) is 6.57. The fraction of sp³-hybridized carbons (Fsp3) is 0.500. The van der Waals surface area contributed by atoms with Crippen molar-refractivity contribution in [3.63, 3.8) is 0 Å². The van der Waals surface area contributed by atoms with Gasteiger partial charge in [-0.2, -0.15) is 0 Å². The second-order valence-electron chi connectivity index (χ2n) is 6.13. The van der Waals surface area contributed by atoms with Crippen LogP contribution < -0.4 is 10.6 Å². The van der Waals surface area contributed by atoms with E-state index in [-0.39, 0.29) is 24.0 Å². The van der Waals surface area contributed by atoms with Gasteiger partial charge in [0, 0.05) is 43.0 Å². The van der Waals surface area contributed by atoms with Crippen LogP contribution in [0.2, 0.25) is 5.02 Å². The number of rotatable bonds is 3. The highest BCUT2D eigenvalue weighted by Gasteiger charge is 2.39. The number of piperidine rings is 1. The molecule has 2 fully saturated rings. The zero-order valence-corrected chi connectivity index (χ0v) is 13.3. The number of carbonyl (C=O) groups excluding carboxylic acids is 2.